The zero-order valence-corrected chi connectivity index (χ0v) is 21.2. The number of anilines is 1. The Balaban J connectivity index is 1.37. The molecule has 0 bridgehead atoms. The van der Waals surface area contributed by atoms with Gasteiger partial charge in [0.15, 0.2) is 5.65 Å². The third-order valence-electron chi connectivity index (χ3n) is 7.61. The fraction of sp³-hybridized carbons (Fsp3) is 0.462. The summed E-state index contributed by atoms with van der Waals surface area (Å²) in [5, 5.41) is 10.7. The first-order chi connectivity index (χ1) is 18.1. The molecule has 1 aliphatic carbocycles. The van der Waals surface area contributed by atoms with Crippen molar-refractivity contribution in [3.63, 3.8) is 0 Å². The van der Waals surface area contributed by atoms with Gasteiger partial charge >= 0.3 is 0 Å². The highest BCUT2D eigenvalue weighted by Crippen LogP contribution is 2.37. The molecule has 0 radical (unpaired) electrons. The Bertz CT molecular complexity index is 1400. The first-order valence-corrected chi connectivity index (χ1v) is 12.6. The van der Waals surface area contributed by atoms with Gasteiger partial charge in [-0.15, -0.1) is 0 Å². The van der Waals surface area contributed by atoms with Crippen LogP contribution in [0, 0.1) is 0 Å². The van der Waals surface area contributed by atoms with Crippen LogP contribution in [0.2, 0.25) is 0 Å². The quantitative estimate of drug-likeness (QED) is 0.394. The van der Waals surface area contributed by atoms with Gasteiger partial charge in [0, 0.05) is 57.5 Å². The summed E-state index contributed by atoms with van der Waals surface area (Å²) in [4.78, 5) is 22.8. The molecule has 1 unspecified atom stereocenters. The van der Waals surface area contributed by atoms with E-state index in [2.05, 4.69) is 20.3 Å². The van der Waals surface area contributed by atoms with E-state index in [1.165, 1.54) is 0 Å². The molecule has 2 N–H and O–H groups in total. The number of carbonyl (C=O) groups excluding carboxylic acids is 1. The van der Waals surface area contributed by atoms with Crippen molar-refractivity contribution in [3.05, 3.63) is 42.4 Å². The third kappa shape index (κ3) is 4.03. The van der Waals surface area contributed by atoms with E-state index in [1.54, 1.807) is 24.9 Å². The molecule has 11 nitrogen and oxygen atoms in total. The number of ether oxygens (including phenoxy) is 3. The van der Waals surface area contributed by atoms with Crippen LogP contribution in [-0.4, -0.2) is 82.8 Å². The summed E-state index contributed by atoms with van der Waals surface area (Å²) in [7, 11) is 5.21. The number of carbonyl (C=O) groups is 1. The van der Waals surface area contributed by atoms with E-state index < -0.39 is 0 Å². The molecule has 6 rings (SSSR count). The number of fused-ring (bicyclic) bond motifs is 2. The van der Waals surface area contributed by atoms with E-state index in [4.69, 9.17) is 24.2 Å². The number of aromatic nitrogens is 5. The van der Waals surface area contributed by atoms with E-state index in [-0.39, 0.29) is 30.2 Å². The molecular formula is C26H31N7O4. The number of rotatable bonds is 7. The normalized spacial score (nSPS) is 23.8. The minimum Gasteiger partial charge on any atom is -0.379 e. The molecular weight excluding hydrogens is 474 g/mol. The molecule has 5 heterocycles. The highest BCUT2D eigenvalue weighted by atomic mass is 16.5. The summed E-state index contributed by atoms with van der Waals surface area (Å²) < 4.78 is 20.6. The third-order valence-corrected chi connectivity index (χ3v) is 7.61. The number of nitrogens with one attached hydrogen (secondary N) is 2. The second kappa shape index (κ2) is 9.73. The van der Waals surface area contributed by atoms with Crippen molar-refractivity contribution in [2.24, 2.45) is 0 Å². The second-order valence-corrected chi connectivity index (χ2v) is 9.53. The van der Waals surface area contributed by atoms with E-state index in [0.717, 1.165) is 42.0 Å². The van der Waals surface area contributed by atoms with Crippen molar-refractivity contribution in [1.82, 2.24) is 29.5 Å². The summed E-state index contributed by atoms with van der Waals surface area (Å²) in [5.74, 6) is 1.38. The summed E-state index contributed by atoms with van der Waals surface area (Å²) in [6.07, 6.45) is 8.13. The van der Waals surface area contributed by atoms with Crippen molar-refractivity contribution in [3.8, 4) is 22.6 Å². The van der Waals surface area contributed by atoms with Crippen molar-refractivity contribution in [1.29, 1.82) is 0 Å². The first-order valence-electron chi connectivity index (χ1n) is 12.6. The molecule has 4 aliphatic rings. The number of hydrogen-bond acceptors (Lipinski definition) is 8. The van der Waals surface area contributed by atoms with Gasteiger partial charge in [-0.2, -0.15) is 9.61 Å². The molecule has 1 amide bonds. The standard InChI is InChI=1S/C26H31N7O4/c1-27-23-11-19(30-25-17(13-29-33(23)25)26(34)31-18-6-7-21(18)35-2)16-12-28-24-15(16)5-4-9-32(24)20-8-10-37-14-22(20)36-3/h4-5,9,11-13,18,20-22,27H,6-8,10,14H2,1-3H3,(H,31,34)/t18?,20-,21-,22-/m0/s1. The smallest absolute Gasteiger partial charge is 0.257 e. The van der Waals surface area contributed by atoms with Crippen LogP contribution >= 0.6 is 0 Å². The molecule has 2 aromatic rings. The fourth-order valence-corrected chi connectivity index (χ4v) is 5.38. The van der Waals surface area contributed by atoms with Gasteiger partial charge in [-0.25, -0.2) is 9.97 Å². The lowest BCUT2D eigenvalue weighted by atomic mass is 9.89. The Morgan fingerprint density at radius 1 is 1.14 bits per heavy atom. The van der Waals surface area contributed by atoms with Gasteiger partial charge in [0.1, 0.15) is 23.3 Å². The highest BCUT2D eigenvalue weighted by Gasteiger charge is 2.33. The molecule has 3 aliphatic heterocycles. The van der Waals surface area contributed by atoms with Crippen LogP contribution in [0.3, 0.4) is 0 Å². The lowest BCUT2D eigenvalue weighted by Gasteiger charge is -2.35. The second-order valence-electron chi connectivity index (χ2n) is 9.53. The first kappa shape index (κ1) is 23.8. The molecule has 37 heavy (non-hydrogen) atoms. The monoisotopic (exact) mass is 505 g/mol. The van der Waals surface area contributed by atoms with Crippen LogP contribution in [-0.2, 0) is 14.2 Å². The zero-order chi connectivity index (χ0) is 25.5. The zero-order valence-electron chi connectivity index (χ0n) is 21.2. The van der Waals surface area contributed by atoms with Gasteiger partial charge in [0.2, 0.25) is 0 Å². The van der Waals surface area contributed by atoms with Crippen LogP contribution in [0.1, 0.15) is 35.7 Å². The molecule has 2 fully saturated rings. The van der Waals surface area contributed by atoms with Crippen LogP contribution in [0.15, 0.2) is 36.8 Å². The van der Waals surface area contributed by atoms with Crippen LogP contribution in [0.5, 0.6) is 0 Å². The number of pyridine rings is 1. The Hall–Kier alpha value is -3.54. The molecule has 11 heteroatoms. The lowest BCUT2D eigenvalue weighted by Crippen LogP contribution is -2.51. The highest BCUT2D eigenvalue weighted by molar-refractivity contribution is 6.00. The topological polar surface area (TPSA) is 117 Å². The lowest BCUT2D eigenvalue weighted by molar-refractivity contribution is -0.0600. The van der Waals surface area contributed by atoms with E-state index in [0.29, 0.717) is 30.1 Å². The Labute approximate surface area is 214 Å². The average Bonchev–Trinajstić information content (AvgIpc) is 3.55. The van der Waals surface area contributed by atoms with Crippen molar-refractivity contribution in [2.45, 2.75) is 43.6 Å². The summed E-state index contributed by atoms with van der Waals surface area (Å²) in [6, 6.07) is 6.12. The van der Waals surface area contributed by atoms with Gasteiger partial charge in [0.05, 0.1) is 36.7 Å². The Morgan fingerprint density at radius 3 is 2.76 bits per heavy atom. The average molecular weight is 506 g/mol. The molecule has 1 saturated carbocycles. The Morgan fingerprint density at radius 2 is 2.00 bits per heavy atom. The van der Waals surface area contributed by atoms with E-state index >= 15 is 0 Å². The number of hydrogen-bond donors (Lipinski definition) is 2. The van der Waals surface area contributed by atoms with E-state index in [9.17, 15) is 4.79 Å². The number of methoxy groups -OCH3 is 2. The summed E-state index contributed by atoms with van der Waals surface area (Å²) >= 11 is 0. The van der Waals surface area contributed by atoms with Gasteiger partial charge < -0.3 is 29.4 Å². The molecule has 2 aromatic heterocycles. The van der Waals surface area contributed by atoms with Gasteiger partial charge in [-0.1, -0.05) is 0 Å². The largest absolute Gasteiger partial charge is 0.379 e. The van der Waals surface area contributed by atoms with Crippen LogP contribution in [0.4, 0.5) is 5.82 Å². The minimum absolute atomic E-state index is 0.000759. The molecule has 4 atom stereocenters. The maximum Gasteiger partial charge on any atom is 0.257 e. The minimum atomic E-state index is -0.207. The predicted molar refractivity (Wildman–Crippen MR) is 137 cm³/mol. The fourth-order valence-electron chi connectivity index (χ4n) is 5.38. The number of amides is 1. The SMILES string of the molecule is CNc1cc(-c2cnc3n([C@H]4CCOC[C@@H]4OC)cccc2-3)nc2c(C(=O)NC3CC[C@@H]3OC)cnn12. The van der Waals surface area contributed by atoms with Crippen LogP contribution < -0.4 is 10.6 Å². The van der Waals surface area contributed by atoms with E-state index in [1.807, 2.05) is 37.6 Å². The van der Waals surface area contributed by atoms with Gasteiger partial charge in [-0.05, 0) is 31.4 Å². The summed E-state index contributed by atoms with van der Waals surface area (Å²) in [5.41, 5.74) is 3.47. The molecule has 1 saturated heterocycles. The van der Waals surface area contributed by atoms with Crippen molar-refractivity contribution >= 4 is 17.4 Å². The van der Waals surface area contributed by atoms with Gasteiger partial charge in [0.25, 0.3) is 5.91 Å². The molecule has 0 spiro atoms. The molecule has 0 aromatic carbocycles. The van der Waals surface area contributed by atoms with Crippen molar-refractivity contribution in [2.75, 3.05) is 39.8 Å². The maximum absolute atomic E-state index is 13.2. The maximum atomic E-state index is 13.2. The van der Waals surface area contributed by atoms with Crippen molar-refractivity contribution < 1.29 is 19.0 Å². The summed E-state index contributed by atoms with van der Waals surface area (Å²) in [6.45, 7) is 1.24. The van der Waals surface area contributed by atoms with Crippen LogP contribution in [0.25, 0.3) is 28.3 Å². The van der Waals surface area contributed by atoms with Gasteiger partial charge in [-0.3, -0.25) is 4.79 Å². The predicted octanol–water partition coefficient (Wildman–Crippen LogP) is 2.62. The molecule has 194 valence electrons. The number of nitrogens with zero attached hydrogens (tertiary/aromatic N) is 5. The Kier molecular flexibility index (Phi) is 6.27.